The van der Waals surface area contributed by atoms with Crippen LogP contribution >= 0.6 is 39.1 Å². The Bertz CT molecular complexity index is 640. The zero-order valence-electron chi connectivity index (χ0n) is 10.3. The van der Waals surface area contributed by atoms with Crippen LogP contribution in [0.1, 0.15) is 29.8 Å². The summed E-state index contributed by atoms with van der Waals surface area (Å²) in [5, 5.41) is 11.4. The van der Waals surface area contributed by atoms with Gasteiger partial charge in [0.1, 0.15) is 11.9 Å². The Morgan fingerprint density at radius 3 is 2.50 bits per heavy atom. The van der Waals surface area contributed by atoms with Crippen molar-refractivity contribution in [3.8, 4) is 5.75 Å². The fourth-order valence-corrected chi connectivity index (χ4v) is 3.31. The molecule has 0 bridgehead atoms. The molecular weight excluding hydrogens is 363 g/mol. The molecule has 0 radical (unpaired) electrons. The molecule has 2 nitrogen and oxygen atoms in total. The molecule has 0 amide bonds. The van der Waals surface area contributed by atoms with Crippen LogP contribution in [0.15, 0.2) is 40.9 Å². The lowest BCUT2D eigenvalue weighted by Gasteiger charge is -2.30. The van der Waals surface area contributed by atoms with Crippen LogP contribution in [0.2, 0.25) is 10.0 Å². The normalized spacial score (nSPS) is 21.2. The number of halogens is 3. The van der Waals surface area contributed by atoms with Crippen molar-refractivity contribution in [2.24, 2.45) is 0 Å². The van der Waals surface area contributed by atoms with E-state index < -0.39 is 6.10 Å². The summed E-state index contributed by atoms with van der Waals surface area (Å²) in [5.41, 5.74) is 1.67. The largest absolute Gasteiger partial charge is 0.485 e. The van der Waals surface area contributed by atoms with Crippen molar-refractivity contribution in [1.82, 2.24) is 0 Å². The van der Waals surface area contributed by atoms with Crippen LogP contribution in [0, 0.1) is 0 Å². The molecule has 104 valence electrons. The van der Waals surface area contributed by atoms with E-state index >= 15 is 0 Å². The van der Waals surface area contributed by atoms with Gasteiger partial charge in [-0.05, 0) is 42.0 Å². The minimum absolute atomic E-state index is 0.255. The first-order chi connectivity index (χ1) is 9.52. The van der Waals surface area contributed by atoms with Crippen molar-refractivity contribution in [3.63, 3.8) is 0 Å². The molecule has 1 aliphatic rings. The predicted octanol–water partition coefficient (Wildman–Crippen LogP) is 5.31. The lowest BCUT2D eigenvalue weighted by atomic mass is 9.95. The van der Waals surface area contributed by atoms with E-state index in [0.29, 0.717) is 22.2 Å². The molecule has 0 spiro atoms. The number of benzene rings is 2. The Labute approximate surface area is 135 Å². The number of hydrogen-bond acceptors (Lipinski definition) is 2. The molecule has 1 aliphatic heterocycles. The van der Waals surface area contributed by atoms with Crippen LogP contribution < -0.4 is 4.74 Å². The van der Waals surface area contributed by atoms with Crippen molar-refractivity contribution in [2.75, 3.05) is 0 Å². The van der Waals surface area contributed by atoms with Gasteiger partial charge in [-0.25, -0.2) is 0 Å². The molecule has 20 heavy (non-hydrogen) atoms. The first kappa shape index (κ1) is 14.2. The van der Waals surface area contributed by atoms with Crippen LogP contribution in [0.4, 0.5) is 0 Å². The molecule has 3 rings (SSSR count). The summed E-state index contributed by atoms with van der Waals surface area (Å²) < 4.78 is 6.87. The number of aliphatic hydroxyl groups is 1. The van der Waals surface area contributed by atoms with E-state index in [4.69, 9.17) is 27.9 Å². The smallest absolute Gasteiger partial charge is 0.127 e. The SMILES string of the molecule is OC1CC(c2cc(Cl)cc(Cl)c2)Oc2ccc(Br)cc21. The number of fused-ring (bicyclic) bond motifs is 1. The molecule has 2 aromatic carbocycles. The molecule has 0 saturated heterocycles. The van der Waals surface area contributed by atoms with E-state index in [1.54, 1.807) is 6.07 Å². The second-order valence-corrected chi connectivity index (χ2v) is 6.53. The van der Waals surface area contributed by atoms with Crippen molar-refractivity contribution < 1.29 is 9.84 Å². The molecule has 1 heterocycles. The highest BCUT2D eigenvalue weighted by Crippen LogP contribution is 2.42. The van der Waals surface area contributed by atoms with Crippen LogP contribution in [-0.4, -0.2) is 5.11 Å². The average Bonchev–Trinajstić information content (AvgIpc) is 2.38. The van der Waals surface area contributed by atoms with Crippen LogP contribution in [0.25, 0.3) is 0 Å². The summed E-state index contributed by atoms with van der Waals surface area (Å²) in [4.78, 5) is 0. The number of hydrogen-bond donors (Lipinski definition) is 1. The number of ether oxygens (including phenoxy) is 1. The van der Waals surface area contributed by atoms with E-state index in [9.17, 15) is 5.11 Å². The Morgan fingerprint density at radius 1 is 1.10 bits per heavy atom. The van der Waals surface area contributed by atoms with Crippen LogP contribution in [0.3, 0.4) is 0 Å². The van der Waals surface area contributed by atoms with E-state index in [1.165, 1.54) is 0 Å². The first-order valence-electron chi connectivity index (χ1n) is 6.13. The fourth-order valence-electron chi connectivity index (χ4n) is 2.38. The zero-order valence-corrected chi connectivity index (χ0v) is 13.4. The summed E-state index contributed by atoms with van der Waals surface area (Å²) in [6.45, 7) is 0. The average molecular weight is 374 g/mol. The third-order valence-electron chi connectivity index (χ3n) is 3.29. The highest BCUT2D eigenvalue weighted by molar-refractivity contribution is 9.10. The van der Waals surface area contributed by atoms with Gasteiger partial charge in [-0.3, -0.25) is 0 Å². The number of aliphatic hydroxyl groups excluding tert-OH is 1. The van der Waals surface area contributed by atoms with Gasteiger partial charge in [-0.15, -0.1) is 0 Å². The third kappa shape index (κ3) is 2.82. The van der Waals surface area contributed by atoms with Gasteiger partial charge >= 0.3 is 0 Å². The zero-order chi connectivity index (χ0) is 14.3. The quantitative estimate of drug-likeness (QED) is 0.733. The highest BCUT2D eigenvalue weighted by atomic mass is 79.9. The van der Waals surface area contributed by atoms with Crippen LogP contribution in [0.5, 0.6) is 5.75 Å². The Morgan fingerprint density at radius 2 is 1.80 bits per heavy atom. The van der Waals surface area contributed by atoms with Gasteiger partial charge in [-0.1, -0.05) is 39.1 Å². The Hall–Kier alpha value is -0.740. The molecule has 0 fully saturated rings. The molecule has 0 aliphatic carbocycles. The minimum atomic E-state index is -0.570. The van der Waals surface area contributed by atoms with E-state index in [-0.39, 0.29) is 6.10 Å². The van der Waals surface area contributed by atoms with E-state index in [2.05, 4.69) is 15.9 Å². The summed E-state index contributed by atoms with van der Waals surface area (Å²) in [6.07, 6.45) is -0.353. The van der Waals surface area contributed by atoms with Gasteiger partial charge in [0.2, 0.25) is 0 Å². The van der Waals surface area contributed by atoms with Gasteiger partial charge in [0.25, 0.3) is 0 Å². The summed E-state index contributed by atoms with van der Waals surface area (Å²) in [7, 11) is 0. The molecular formula is C15H11BrCl2O2. The Balaban J connectivity index is 1.96. The fraction of sp³-hybridized carbons (Fsp3) is 0.200. The Kier molecular flexibility index (Phi) is 3.95. The van der Waals surface area contributed by atoms with Gasteiger partial charge in [-0.2, -0.15) is 0 Å². The minimum Gasteiger partial charge on any atom is -0.485 e. The van der Waals surface area contributed by atoms with E-state index in [1.807, 2.05) is 30.3 Å². The van der Waals surface area contributed by atoms with Crippen molar-refractivity contribution >= 4 is 39.1 Å². The monoisotopic (exact) mass is 372 g/mol. The van der Waals surface area contributed by atoms with Crippen molar-refractivity contribution in [1.29, 1.82) is 0 Å². The molecule has 0 saturated carbocycles. The van der Waals surface area contributed by atoms with E-state index in [0.717, 1.165) is 15.6 Å². The third-order valence-corrected chi connectivity index (χ3v) is 4.22. The maximum Gasteiger partial charge on any atom is 0.127 e. The predicted molar refractivity (Wildman–Crippen MR) is 83.5 cm³/mol. The molecule has 5 heteroatoms. The molecule has 2 atom stereocenters. The molecule has 1 N–H and O–H groups in total. The highest BCUT2D eigenvalue weighted by Gasteiger charge is 2.28. The van der Waals surface area contributed by atoms with Gasteiger partial charge in [0, 0.05) is 26.5 Å². The second-order valence-electron chi connectivity index (χ2n) is 4.74. The summed E-state index contributed by atoms with van der Waals surface area (Å²) >= 11 is 15.4. The summed E-state index contributed by atoms with van der Waals surface area (Å²) in [6, 6.07) is 10.9. The van der Waals surface area contributed by atoms with Crippen LogP contribution in [-0.2, 0) is 0 Å². The standard InChI is InChI=1S/C15H11BrCl2O2/c16-9-1-2-14-12(5-9)13(19)7-15(20-14)8-3-10(17)6-11(18)4-8/h1-6,13,15,19H,7H2. The van der Waals surface area contributed by atoms with Gasteiger partial charge in [0.15, 0.2) is 0 Å². The van der Waals surface area contributed by atoms with Crippen molar-refractivity contribution in [2.45, 2.75) is 18.6 Å². The van der Waals surface area contributed by atoms with Gasteiger partial charge in [0.05, 0.1) is 6.10 Å². The second kappa shape index (κ2) is 5.57. The number of rotatable bonds is 1. The molecule has 0 aromatic heterocycles. The van der Waals surface area contributed by atoms with Crippen molar-refractivity contribution in [3.05, 3.63) is 62.0 Å². The first-order valence-corrected chi connectivity index (χ1v) is 7.68. The maximum atomic E-state index is 10.3. The lowest BCUT2D eigenvalue weighted by molar-refractivity contribution is 0.0657. The summed E-state index contributed by atoms with van der Waals surface area (Å²) in [5.74, 6) is 0.688. The lowest BCUT2D eigenvalue weighted by Crippen LogP contribution is -2.19. The molecule has 2 unspecified atom stereocenters. The topological polar surface area (TPSA) is 29.5 Å². The van der Waals surface area contributed by atoms with Gasteiger partial charge < -0.3 is 9.84 Å². The maximum absolute atomic E-state index is 10.3. The molecule has 2 aromatic rings.